The van der Waals surface area contributed by atoms with Crippen LogP contribution >= 0.6 is 0 Å². The Morgan fingerprint density at radius 3 is 2.75 bits per heavy atom. The maximum Gasteiger partial charge on any atom is 0.255 e. The summed E-state index contributed by atoms with van der Waals surface area (Å²) in [7, 11) is 0. The molecule has 5 rings (SSSR count). The molecule has 4 heterocycles. The van der Waals surface area contributed by atoms with Crippen LogP contribution in [0, 0.1) is 0 Å². The monoisotopic (exact) mass is 426 g/mol. The van der Waals surface area contributed by atoms with Gasteiger partial charge in [0.25, 0.3) is 5.91 Å². The minimum absolute atomic E-state index is 0.00430. The van der Waals surface area contributed by atoms with Crippen molar-refractivity contribution in [3.05, 3.63) is 101 Å². The molecule has 3 aromatic heterocycles. The van der Waals surface area contributed by atoms with E-state index in [4.69, 9.17) is 4.42 Å². The van der Waals surface area contributed by atoms with Crippen molar-refractivity contribution in [2.45, 2.75) is 31.6 Å². The fourth-order valence-electron chi connectivity index (χ4n) is 4.57. The third kappa shape index (κ3) is 3.62. The number of dihydropyridines is 1. The smallest absolute Gasteiger partial charge is 0.255 e. The lowest BCUT2D eigenvalue weighted by Gasteiger charge is -2.36. The minimum atomic E-state index is -0.506. The summed E-state index contributed by atoms with van der Waals surface area (Å²) < 4.78 is 5.57. The van der Waals surface area contributed by atoms with Crippen LogP contribution < -0.4 is 10.6 Å². The second kappa shape index (κ2) is 8.26. The number of pyridine rings is 2. The Morgan fingerprint density at radius 2 is 2.03 bits per heavy atom. The molecule has 0 aromatic carbocycles. The van der Waals surface area contributed by atoms with Crippen LogP contribution in [0.5, 0.6) is 0 Å². The SMILES string of the molecule is CC1=C(C(=O)Nc2ccccn2)[C@@H](c2cccnc2)C2=C(C[C@@H](c3ccco3)CC2=O)N1. The zero-order valence-corrected chi connectivity index (χ0v) is 17.5. The number of amides is 1. The number of rotatable bonds is 4. The summed E-state index contributed by atoms with van der Waals surface area (Å²) in [6, 6.07) is 12.8. The summed E-state index contributed by atoms with van der Waals surface area (Å²) in [6.45, 7) is 1.86. The van der Waals surface area contributed by atoms with Crippen LogP contribution in [0.2, 0.25) is 0 Å². The molecule has 1 aliphatic heterocycles. The van der Waals surface area contributed by atoms with Gasteiger partial charge in [-0.25, -0.2) is 4.98 Å². The van der Waals surface area contributed by atoms with Gasteiger partial charge in [-0.3, -0.25) is 14.6 Å². The average Bonchev–Trinajstić information content (AvgIpc) is 3.34. The summed E-state index contributed by atoms with van der Waals surface area (Å²) in [5.74, 6) is 0.420. The van der Waals surface area contributed by atoms with Crippen molar-refractivity contribution in [3.63, 3.8) is 0 Å². The average molecular weight is 426 g/mol. The largest absolute Gasteiger partial charge is 0.469 e. The zero-order chi connectivity index (χ0) is 22.1. The van der Waals surface area contributed by atoms with E-state index in [1.807, 2.05) is 37.3 Å². The van der Waals surface area contributed by atoms with E-state index < -0.39 is 5.92 Å². The topological polar surface area (TPSA) is 97.1 Å². The molecule has 160 valence electrons. The number of allylic oxidation sites excluding steroid dienone is 3. The summed E-state index contributed by atoms with van der Waals surface area (Å²) in [4.78, 5) is 35.2. The molecule has 0 saturated carbocycles. The standard InChI is InChI=1S/C25H22N4O3/c1-15-22(25(31)29-21-8-2-3-10-27-21)23(16-6-4-9-26-14-16)24-18(28-15)12-17(13-19(24)30)20-7-5-11-32-20/h2-11,14,17,23,28H,12-13H2,1H3,(H,27,29,31)/t17-,23-/m1/s1. The fraction of sp³-hybridized carbons (Fsp3) is 0.200. The first-order valence-corrected chi connectivity index (χ1v) is 10.5. The van der Waals surface area contributed by atoms with Crippen LogP contribution in [0.4, 0.5) is 5.82 Å². The highest BCUT2D eigenvalue weighted by Crippen LogP contribution is 2.45. The number of carbonyl (C=O) groups is 2. The van der Waals surface area contributed by atoms with Crippen molar-refractivity contribution in [2.24, 2.45) is 0 Å². The Labute approximate surface area is 185 Å². The number of nitrogens with zero attached hydrogens (tertiary/aromatic N) is 2. The van der Waals surface area contributed by atoms with E-state index in [1.54, 1.807) is 37.0 Å². The molecule has 0 spiro atoms. The molecule has 7 nitrogen and oxygen atoms in total. The van der Waals surface area contributed by atoms with Gasteiger partial charge in [0.15, 0.2) is 5.78 Å². The van der Waals surface area contributed by atoms with Crippen molar-refractivity contribution in [1.29, 1.82) is 0 Å². The molecular weight excluding hydrogens is 404 g/mol. The van der Waals surface area contributed by atoms with Crippen LogP contribution in [0.25, 0.3) is 0 Å². The Balaban J connectivity index is 1.56. The van der Waals surface area contributed by atoms with Gasteiger partial charge in [-0.05, 0) is 49.2 Å². The lowest BCUT2D eigenvalue weighted by molar-refractivity contribution is -0.116. The van der Waals surface area contributed by atoms with Gasteiger partial charge >= 0.3 is 0 Å². The molecule has 3 aromatic rings. The molecule has 7 heteroatoms. The molecule has 1 aliphatic carbocycles. The van der Waals surface area contributed by atoms with Gasteiger partial charge in [-0.2, -0.15) is 0 Å². The molecule has 0 fully saturated rings. The van der Waals surface area contributed by atoms with Gasteiger partial charge in [0.2, 0.25) is 0 Å². The minimum Gasteiger partial charge on any atom is -0.469 e. The molecule has 2 atom stereocenters. The third-order valence-corrected chi connectivity index (χ3v) is 5.94. The number of anilines is 1. The lowest BCUT2D eigenvalue weighted by atomic mass is 9.72. The highest BCUT2D eigenvalue weighted by Gasteiger charge is 2.41. The molecule has 0 unspecified atom stereocenters. The van der Waals surface area contributed by atoms with Gasteiger partial charge in [0, 0.05) is 59.4 Å². The number of carbonyl (C=O) groups excluding carboxylic acids is 2. The fourth-order valence-corrected chi connectivity index (χ4v) is 4.57. The number of furan rings is 1. The van der Waals surface area contributed by atoms with E-state index in [1.165, 1.54) is 0 Å². The highest BCUT2D eigenvalue weighted by molar-refractivity contribution is 6.09. The number of ketones is 1. The second-order valence-corrected chi connectivity index (χ2v) is 7.99. The Morgan fingerprint density at radius 1 is 1.12 bits per heavy atom. The summed E-state index contributed by atoms with van der Waals surface area (Å²) in [6.07, 6.45) is 7.61. The molecule has 2 aliphatic rings. The van der Waals surface area contributed by atoms with Gasteiger partial charge in [0.05, 0.1) is 6.26 Å². The van der Waals surface area contributed by atoms with Gasteiger partial charge < -0.3 is 15.1 Å². The Kier molecular flexibility index (Phi) is 5.15. The molecule has 0 saturated heterocycles. The number of aromatic nitrogens is 2. The molecule has 1 amide bonds. The molecule has 2 N–H and O–H groups in total. The first-order valence-electron chi connectivity index (χ1n) is 10.5. The third-order valence-electron chi connectivity index (χ3n) is 5.94. The van der Waals surface area contributed by atoms with Crippen molar-refractivity contribution < 1.29 is 14.0 Å². The van der Waals surface area contributed by atoms with Crippen LogP contribution in [0.1, 0.15) is 42.9 Å². The Bertz CT molecular complexity index is 1210. The highest BCUT2D eigenvalue weighted by atomic mass is 16.3. The van der Waals surface area contributed by atoms with E-state index >= 15 is 0 Å². The molecule has 0 radical (unpaired) electrons. The quantitative estimate of drug-likeness (QED) is 0.653. The maximum atomic E-state index is 13.4. The van der Waals surface area contributed by atoms with Gasteiger partial charge in [0.1, 0.15) is 11.6 Å². The number of Topliss-reactive ketones (excluding diaryl/α,β-unsaturated/α-hetero) is 1. The number of nitrogens with one attached hydrogen (secondary N) is 2. The van der Waals surface area contributed by atoms with E-state index in [0.717, 1.165) is 17.0 Å². The predicted octanol–water partition coefficient (Wildman–Crippen LogP) is 4.07. The molecule has 32 heavy (non-hydrogen) atoms. The van der Waals surface area contributed by atoms with E-state index in [2.05, 4.69) is 20.6 Å². The zero-order valence-electron chi connectivity index (χ0n) is 17.5. The summed E-state index contributed by atoms with van der Waals surface area (Å²) >= 11 is 0. The van der Waals surface area contributed by atoms with Gasteiger partial charge in [-0.15, -0.1) is 0 Å². The summed E-state index contributed by atoms with van der Waals surface area (Å²) in [5, 5.41) is 6.22. The first-order chi connectivity index (χ1) is 15.6. The van der Waals surface area contributed by atoms with Crippen molar-refractivity contribution in [1.82, 2.24) is 15.3 Å². The van der Waals surface area contributed by atoms with Crippen LogP contribution in [-0.4, -0.2) is 21.7 Å². The van der Waals surface area contributed by atoms with Crippen molar-refractivity contribution in [3.8, 4) is 0 Å². The Hall–Kier alpha value is -4.00. The van der Waals surface area contributed by atoms with Gasteiger partial charge in [-0.1, -0.05) is 12.1 Å². The van der Waals surface area contributed by atoms with E-state index in [9.17, 15) is 9.59 Å². The summed E-state index contributed by atoms with van der Waals surface area (Å²) in [5.41, 5.74) is 3.46. The second-order valence-electron chi connectivity index (χ2n) is 7.99. The molecular formula is C25H22N4O3. The van der Waals surface area contributed by atoms with E-state index in [-0.39, 0.29) is 17.6 Å². The predicted molar refractivity (Wildman–Crippen MR) is 118 cm³/mol. The van der Waals surface area contributed by atoms with Crippen LogP contribution in [0.15, 0.2) is 94.3 Å². The molecule has 0 bridgehead atoms. The van der Waals surface area contributed by atoms with Crippen LogP contribution in [0.3, 0.4) is 0 Å². The normalized spacial score (nSPS) is 20.6. The lowest BCUT2D eigenvalue weighted by Crippen LogP contribution is -2.37. The number of hydrogen-bond donors (Lipinski definition) is 2. The van der Waals surface area contributed by atoms with Crippen molar-refractivity contribution in [2.75, 3.05) is 5.32 Å². The van der Waals surface area contributed by atoms with Crippen LogP contribution in [-0.2, 0) is 9.59 Å². The van der Waals surface area contributed by atoms with E-state index in [0.29, 0.717) is 35.5 Å². The first kappa shape index (κ1) is 19.9. The van der Waals surface area contributed by atoms with Crippen molar-refractivity contribution >= 4 is 17.5 Å². The maximum absolute atomic E-state index is 13.4. The number of hydrogen-bond acceptors (Lipinski definition) is 6.